The van der Waals surface area contributed by atoms with E-state index in [1.807, 2.05) is 7.05 Å². The van der Waals surface area contributed by atoms with Gasteiger partial charge in [0.05, 0.1) is 16.6 Å². The maximum Gasteiger partial charge on any atom is 0.417 e. The molecule has 1 aromatic carbocycles. The SMILES string of the molecule is CNCCC1CCN(C(=O)c2cnc3ccccc3c2C(F)(F)F)CC1.Cl.Cl. The fourth-order valence-corrected chi connectivity index (χ4v) is 3.55. The Morgan fingerprint density at radius 3 is 2.46 bits per heavy atom. The number of piperidine rings is 1. The molecule has 156 valence electrons. The van der Waals surface area contributed by atoms with Crippen LogP contribution >= 0.6 is 24.8 Å². The molecular formula is C19H24Cl2F3N3O. The van der Waals surface area contributed by atoms with Crippen LogP contribution in [-0.2, 0) is 6.18 Å². The van der Waals surface area contributed by atoms with E-state index in [0.29, 0.717) is 19.0 Å². The number of nitrogens with one attached hydrogen (secondary N) is 1. The zero-order valence-corrected chi connectivity index (χ0v) is 17.1. The lowest BCUT2D eigenvalue weighted by atomic mass is 9.92. The van der Waals surface area contributed by atoms with Crippen LogP contribution in [0, 0.1) is 5.92 Å². The Kier molecular flexibility index (Phi) is 8.98. The summed E-state index contributed by atoms with van der Waals surface area (Å²) in [5.41, 5.74) is -1.00. The van der Waals surface area contributed by atoms with E-state index in [4.69, 9.17) is 0 Å². The van der Waals surface area contributed by atoms with Crippen LogP contribution in [-0.4, -0.2) is 42.5 Å². The lowest BCUT2D eigenvalue weighted by Crippen LogP contribution is -2.39. The van der Waals surface area contributed by atoms with Crippen LogP contribution in [0.1, 0.15) is 35.2 Å². The van der Waals surface area contributed by atoms with Crippen molar-refractivity contribution in [2.45, 2.75) is 25.4 Å². The number of carbonyl (C=O) groups excluding carboxylic acids is 1. The topological polar surface area (TPSA) is 45.2 Å². The highest BCUT2D eigenvalue weighted by atomic mass is 35.5. The van der Waals surface area contributed by atoms with Crippen molar-refractivity contribution >= 4 is 41.6 Å². The number of para-hydroxylation sites is 1. The lowest BCUT2D eigenvalue weighted by molar-refractivity contribution is -0.136. The number of likely N-dealkylation sites (tertiary alicyclic amines) is 1. The lowest BCUT2D eigenvalue weighted by Gasteiger charge is -2.32. The molecule has 9 heteroatoms. The second-order valence-electron chi connectivity index (χ2n) is 6.69. The minimum atomic E-state index is -4.61. The zero-order valence-electron chi connectivity index (χ0n) is 15.5. The largest absolute Gasteiger partial charge is 0.417 e. The first-order valence-electron chi connectivity index (χ1n) is 8.80. The minimum Gasteiger partial charge on any atom is -0.339 e. The molecule has 0 radical (unpaired) electrons. The molecule has 2 heterocycles. The maximum atomic E-state index is 13.7. The average molecular weight is 438 g/mol. The van der Waals surface area contributed by atoms with Gasteiger partial charge in [-0.05, 0) is 44.8 Å². The number of alkyl halides is 3. The summed E-state index contributed by atoms with van der Waals surface area (Å²) in [6.45, 7) is 1.88. The molecule has 0 bridgehead atoms. The van der Waals surface area contributed by atoms with Gasteiger partial charge in [0.1, 0.15) is 0 Å². The molecule has 1 aliphatic heterocycles. The van der Waals surface area contributed by atoms with Gasteiger partial charge in [-0.3, -0.25) is 9.78 Å². The smallest absolute Gasteiger partial charge is 0.339 e. The second kappa shape index (κ2) is 10.3. The Balaban J connectivity index is 0.00000196. The van der Waals surface area contributed by atoms with Gasteiger partial charge < -0.3 is 10.2 Å². The van der Waals surface area contributed by atoms with E-state index in [2.05, 4.69) is 10.3 Å². The van der Waals surface area contributed by atoms with Gasteiger partial charge >= 0.3 is 6.18 Å². The Labute approximate surface area is 174 Å². The molecule has 1 amide bonds. The maximum absolute atomic E-state index is 13.7. The molecule has 0 spiro atoms. The summed E-state index contributed by atoms with van der Waals surface area (Å²) in [6, 6.07) is 6.05. The number of hydrogen-bond acceptors (Lipinski definition) is 3. The van der Waals surface area contributed by atoms with Crippen molar-refractivity contribution in [3.05, 3.63) is 41.6 Å². The van der Waals surface area contributed by atoms with Crippen LogP contribution in [0.25, 0.3) is 10.9 Å². The number of fused-ring (bicyclic) bond motifs is 1. The molecule has 3 rings (SSSR count). The monoisotopic (exact) mass is 437 g/mol. The highest BCUT2D eigenvalue weighted by molar-refractivity contribution is 6.00. The second-order valence-corrected chi connectivity index (χ2v) is 6.69. The summed E-state index contributed by atoms with van der Waals surface area (Å²) in [5.74, 6) is -0.0778. The number of amides is 1. The third kappa shape index (κ3) is 5.27. The van der Waals surface area contributed by atoms with Crippen molar-refractivity contribution in [3.63, 3.8) is 0 Å². The predicted molar refractivity (Wildman–Crippen MR) is 108 cm³/mol. The van der Waals surface area contributed by atoms with Gasteiger partial charge in [-0.2, -0.15) is 13.2 Å². The Hall–Kier alpha value is -1.57. The molecule has 1 N–H and O–H groups in total. The van der Waals surface area contributed by atoms with Crippen molar-refractivity contribution in [2.75, 3.05) is 26.7 Å². The third-order valence-electron chi connectivity index (χ3n) is 4.99. The van der Waals surface area contributed by atoms with Gasteiger partial charge in [0.2, 0.25) is 0 Å². The number of nitrogens with zero attached hydrogens (tertiary/aromatic N) is 2. The molecule has 1 saturated heterocycles. The van der Waals surface area contributed by atoms with Crippen LogP contribution in [0.15, 0.2) is 30.5 Å². The van der Waals surface area contributed by atoms with Crippen molar-refractivity contribution in [2.24, 2.45) is 5.92 Å². The van der Waals surface area contributed by atoms with Crippen molar-refractivity contribution in [1.29, 1.82) is 0 Å². The van der Waals surface area contributed by atoms with Crippen molar-refractivity contribution in [3.8, 4) is 0 Å². The fraction of sp³-hybridized carbons (Fsp3) is 0.474. The van der Waals surface area contributed by atoms with E-state index in [1.165, 1.54) is 23.1 Å². The molecule has 0 saturated carbocycles. The third-order valence-corrected chi connectivity index (χ3v) is 4.99. The van der Waals surface area contributed by atoms with Crippen LogP contribution in [0.3, 0.4) is 0 Å². The Morgan fingerprint density at radius 1 is 1.21 bits per heavy atom. The van der Waals surface area contributed by atoms with Gasteiger partial charge in [-0.1, -0.05) is 18.2 Å². The minimum absolute atomic E-state index is 0. The van der Waals surface area contributed by atoms with Crippen LogP contribution < -0.4 is 5.32 Å². The van der Waals surface area contributed by atoms with Crippen LogP contribution in [0.4, 0.5) is 13.2 Å². The van der Waals surface area contributed by atoms with Gasteiger partial charge in [-0.15, -0.1) is 24.8 Å². The summed E-state index contributed by atoms with van der Waals surface area (Å²) in [4.78, 5) is 18.4. The summed E-state index contributed by atoms with van der Waals surface area (Å²) in [7, 11) is 1.89. The van der Waals surface area contributed by atoms with Crippen molar-refractivity contribution < 1.29 is 18.0 Å². The van der Waals surface area contributed by atoms with E-state index in [-0.39, 0.29) is 41.3 Å². The first kappa shape index (κ1) is 24.5. The molecule has 0 aliphatic carbocycles. The number of aromatic nitrogens is 1. The summed E-state index contributed by atoms with van der Waals surface area (Å²) in [5, 5.41) is 3.07. The van der Waals surface area contributed by atoms with E-state index in [1.54, 1.807) is 6.07 Å². The molecule has 1 fully saturated rings. The standard InChI is InChI=1S/C19H22F3N3O.2ClH/c1-23-9-6-13-7-10-25(11-8-13)18(26)15-12-24-16-5-3-2-4-14(16)17(15)19(20,21)22;;/h2-5,12-13,23H,6-11H2,1H3;2*1H. The average Bonchev–Trinajstić information content (AvgIpc) is 2.64. The van der Waals surface area contributed by atoms with E-state index in [9.17, 15) is 18.0 Å². The van der Waals surface area contributed by atoms with Crippen molar-refractivity contribution in [1.82, 2.24) is 15.2 Å². The fourth-order valence-electron chi connectivity index (χ4n) is 3.55. The molecule has 28 heavy (non-hydrogen) atoms. The van der Waals surface area contributed by atoms with Gasteiger partial charge in [0.15, 0.2) is 0 Å². The predicted octanol–water partition coefficient (Wildman–Crippen LogP) is 4.56. The Morgan fingerprint density at radius 2 is 1.86 bits per heavy atom. The van der Waals surface area contributed by atoms with Gasteiger partial charge in [-0.25, -0.2) is 0 Å². The van der Waals surface area contributed by atoms with E-state index in [0.717, 1.165) is 32.0 Å². The van der Waals surface area contributed by atoms with Crippen LogP contribution in [0.5, 0.6) is 0 Å². The summed E-state index contributed by atoms with van der Waals surface area (Å²) >= 11 is 0. The number of halogens is 5. The molecule has 0 unspecified atom stereocenters. The Bertz CT molecular complexity index is 794. The summed E-state index contributed by atoms with van der Waals surface area (Å²) < 4.78 is 41.1. The first-order chi connectivity index (χ1) is 12.4. The number of rotatable bonds is 4. The molecule has 0 atom stereocenters. The quantitative estimate of drug-likeness (QED) is 0.762. The van der Waals surface area contributed by atoms with Gasteiger partial charge in [0, 0.05) is 24.7 Å². The number of pyridine rings is 1. The highest BCUT2D eigenvalue weighted by Crippen LogP contribution is 2.37. The molecule has 1 aromatic heterocycles. The number of hydrogen-bond donors (Lipinski definition) is 1. The molecular weight excluding hydrogens is 414 g/mol. The molecule has 2 aromatic rings. The normalized spacial score (nSPS) is 15.1. The van der Waals surface area contributed by atoms with Crippen LogP contribution in [0.2, 0.25) is 0 Å². The van der Waals surface area contributed by atoms with E-state index < -0.39 is 17.6 Å². The number of carbonyl (C=O) groups is 1. The van der Waals surface area contributed by atoms with Gasteiger partial charge in [0.25, 0.3) is 5.91 Å². The zero-order chi connectivity index (χ0) is 18.7. The summed E-state index contributed by atoms with van der Waals surface area (Å²) in [6.07, 6.45) is -0.894. The molecule has 1 aliphatic rings. The molecule has 4 nitrogen and oxygen atoms in total. The highest BCUT2D eigenvalue weighted by Gasteiger charge is 2.39. The first-order valence-corrected chi connectivity index (χ1v) is 8.80. The number of benzene rings is 1. The van der Waals surface area contributed by atoms with E-state index >= 15 is 0 Å².